The lowest BCUT2D eigenvalue weighted by atomic mass is 9.98. The number of nitrogen functional groups attached to an aromatic ring is 1. The first-order chi connectivity index (χ1) is 14.0. The van der Waals surface area contributed by atoms with E-state index >= 15 is 0 Å². The lowest BCUT2D eigenvalue weighted by molar-refractivity contribution is 0.325. The van der Waals surface area contributed by atoms with Crippen LogP contribution in [0.15, 0.2) is 24.4 Å². The highest BCUT2D eigenvalue weighted by atomic mass is 16.5. The van der Waals surface area contributed by atoms with Crippen molar-refractivity contribution >= 4 is 5.82 Å². The summed E-state index contributed by atoms with van der Waals surface area (Å²) in [6.45, 7) is 4.70. The molecule has 2 N–H and O–H groups in total. The maximum Gasteiger partial charge on any atom is 0.203 e. The van der Waals surface area contributed by atoms with Crippen LogP contribution in [0.3, 0.4) is 0 Å². The lowest BCUT2D eigenvalue weighted by Gasteiger charge is -2.16. The molecule has 0 spiro atoms. The van der Waals surface area contributed by atoms with Gasteiger partial charge in [0.2, 0.25) is 5.75 Å². The highest BCUT2D eigenvalue weighted by molar-refractivity contribution is 5.83. The normalized spacial score (nSPS) is 10.5. The third-order valence-electron chi connectivity index (χ3n) is 4.83. The summed E-state index contributed by atoms with van der Waals surface area (Å²) in [7, 11) is 4.64. The van der Waals surface area contributed by atoms with E-state index in [1.54, 1.807) is 33.6 Å². The molecule has 0 fully saturated rings. The minimum absolute atomic E-state index is 0.139. The average molecular weight is 393 g/mol. The third-order valence-corrected chi connectivity index (χ3v) is 4.83. The average Bonchev–Trinajstić information content (AvgIpc) is 3.11. The van der Waals surface area contributed by atoms with Gasteiger partial charge in [0.15, 0.2) is 11.5 Å². The smallest absolute Gasteiger partial charge is 0.203 e. The monoisotopic (exact) mass is 393 g/mol. The second-order valence-corrected chi connectivity index (χ2v) is 6.27. The molecule has 3 aromatic rings. The number of benzene rings is 1. The number of pyridine rings is 1. The Bertz CT molecular complexity index is 1100. The number of nitrogens with zero attached hydrogens (tertiary/aromatic N) is 4. The number of rotatable bonds is 6. The van der Waals surface area contributed by atoms with Crippen molar-refractivity contribution in [2.75, 3.05) is 27.1 Å². The number of methoxy groups -OCH3 is 3. The lowest BCUT2D eigenvalue weighted by Crippen LogP contribution is -2.03. The molecule has 2 heterocycles. The van der Waals surface area contributed by atoms with Gasteiger partial charge in [-0.2, -0.15) is 10.4 Å². The van der Waals surface area contributed by atoms with Gasteiger partial charge in [0, 0.05) is 28.9 Å². The number of aryl methyl sites for hydroxylation is 1. The molecule has 3 rings (SSSR count). The van der Waals surface area contributed by atoms with Gasteiger partial charge in [-0.1, -0.05) is 0 Å². The summed E-state index contributed by atoms with van der Waals surface area (Å²) < 4.78 is 18.3. The van der Waals surface area contributed by atoms with E-state index in [-0.39, 0.29) is 5.82 Å². The number of hydrogen-bond acceptors (Lipinski definition) is 7. The molecule has 8 nitrogen and oxygen atoms in total. The van der Waals surface area contributed by atoms with Crippen LogP contribution >= 0.6 is 0 Å². The zero-order valence-electron chi connectivity index (χ0n) is 17.1. The Hall–Kier alpha value is -3.73. The molecule has 0 saturated carbocycles. The molecule has 0 bridgehead atoms. The molecular weight excluding hydrogens is 370 g/mol. The second kappa shape index (κ2) is 8.10. The summed E-state index contributed by atoms with van der Waals surface area (Å²) in [5, 5.41) is 14.1. The molecule has 0 saturated heterocycles. The third kappa shape index (κ3) is 3.31. The van der Waals surface area contributed by atoms with E-state index in [2.05, 4.69) is 16.2 Å². The van der Waals surface area contributed by atoms with Crippen LogP contribution in [0, 0.1) is 18.3 Å². The molecule has 150 valence electrons. The van der Waals surface area contributed by atoms with Crippen LogP contribution in [0.5, 0.6) is 17.2 Å². The number of ether oxygens (including phenoxy) is 3. The van der Waals surface area contributed by atoms with Crippen molar-refractivity contribution in [2.45, 2.75) is 20.4 Å². The van der Waals surface area contributed by atoms with Crippen molar-refractivity contribution in [3.8, 4) is 45.7 Å². The Morgan fingerprint density at radius 3 is 2.34 bits per heavy atom. The SMILES string of the molecule is CCn1ncc(-c2cc(-c3ccc(OC)c(OC)c3OC)nc(N)c2C#N)c1C. The van der Waals surface area contributed by atoms with Gasteiger partial charge in [-0.3, -0.25) is 4.68 Å². The van der Waals surface area contributed by atoms with Gasteiger partial charge in [-0.15, -0.1) is 0 Å². The largest absolute Gasteiger partial charge is 0.493 e. The van der Waals surface area contributed by atoms with Crippen LogP contribution in [-0.4, -0.2) is 36.1 Å². The zero-order valence-corrected chi connectivity index (χ0v) is 17.1. The van der Waals surface area contributed by atoms with Crippen molar-refractivity contribution < 1.29 is 14.2 Å². The number of anilines is 1. The van der Waals surface area contributed by atoms with Crippen LogP contribution in [0.1, 0.15) is 18.2 Å². The standard InChI is InChI=1S/C21H23N5O3/c1-6-26-12(2)16(11-24-26)14-9-17(25-21(23)15(14)10-22)13-7-8-18(27-3)20(29-5)19(13)28-4/h7-9,11H,6H2,1-5H3,(H2,23,25). The highest BCUT2D eigenvalue weighted by Gasteiger charge is 2.22. The van der Waals surface area contributed by atoms with Crippen LogP contribution in [0.2, 0.25) is 0 Å². The van der Waals surface area contributed by atoms with Crippen molar-refractivity contribution in [3.05, 3.63) is 35.7 Å². The van der Waals surface area contributed by atoms with E-state index in [0.29, 0.717) is 39.6 Å². The van der Waals surface area contributed by atoms with Gasteiger partial charge < -0.3 is 19.9 Å². The molecule has 8 heteroatoms. The Morgan fingerprint density at radius 1 is 1.07 bits per heavy atom. The highest BCUT2D eigenvalue weighted by Crippen LogP contribution is 2.45. The molecule has 1 aromatic carbocycles. The van der Waals surface area contributed by atoms with E-state index in [1.807, 2.05) is 30.7 Å². The fourth-order valence-corrected chi connectivity index (χ4v) is 3.37. The van der Waals surface area contributed by atoms with Crippen molar-refractivity contribution in [1.82, 2.24) is 14.8 Å². The van der Waals surface area contributed by atoms with E-state index < -0.39 is 0 Å². The Morgan fingerprint density at radius 2 is 1.79 bits per heavy atom. The van der Waals surface area contributed by atoms with Gasteiger partial charge in [0.05, 0.1) is 33.2 Å². The molecule has 0 amide bonds. The number of nitrogens with two attached hydrogens (primary N) is 1. The summed E-state index contributed by atoms with van der Waals surface area (Å²) in [4.78, 5) is 4.45. The number of hydrogen-bond donors (Lipinski definition) is 1. The minimum atomic E-state index is 0.139. The fraction of sp³-hybridized carbons (Fsp3) is 0.286. The zero-order chi connectivity index (χ0) is 21.1. The van der Waals surface area contributed by atoms with Gasteiger partial charge in [-0.25, -0.2) is 4.98 Å². The van der Waals surface area contributed by atoms with Gasteiger partial charge in [0.1, 0.15) is 17.5 Å². The second-order valence-electron chi connectivity index (χ2n) is 6.27. The molecular formula is C21H23N5O3. The molecule has 0 aliphatic heterocycles. The quantitative estimate of drug-likeness (QED) is 0.683. The van der Waals surface area contributed by atoms with Crippen molar-refractivity contribution in [1.29, 1.82) is 5.26 Å². The summed E-state index contributed by atoms with van der Waals surface area (Å²) in [5.74, 6) is 1.60. The Kier molecular flexibility index (Phi) is 5.59. The van der Waals surface area contributed by atoms with Crippen LogP contribution in [0.25, 0.3) is 22.4 Å². The van der Waals surface area contributed by atoms with Crippen LogP contribution in [-0.2, 0) is 6.54 Å². The Labute approximate surface area is 169 Å². The molecule has 0 unspecified atom stereocenters. The summed E-state index contributed by atoms with van der Waals surface area (Å²) in [6, 6.07) is 7.58. The summed E-state index contributed by atoms with van der Waals surface area (Å²) in [5.41, 5.74) is 10.1. The van der Waals surface area contributed by atoms with Crippen molar-refractivity contribution in [2.24, 2.45) is 0 Å². The fourth-order valence-electron chi connectivity index (χ4n) is 3.37. The predicted octanol–water partition coefficient (Wildman–Crippen LogP) is 3.42. The molecule has 0 aliphatic rings. The first kappa shape index (κ1) is 20.0. The molecule has 0 radical (unpaired) electrons. The molecule has 29 heavy (non-hydrogen) atoms. The van der Waals surface area contributed by atoms with Gasteiger partial charge >= 0.3 is 0 Å². The number of nitriles is 1. The first-order valence-electron chi connectivity index (χ1n) is 9.03. The Balaban J connectivity index is 2.29. The van der Waals surface area contributed by atoms with E-state index in [1.165, 1.54) is 0 Å². The van der Waals surface area contributed by atoms with Gasteiger partial charge in [0.25, 0.3) is 0 Å². The first-order valence-corrected chi connectivity index (χ1v) is 9.03. The van der Waals surface area contributed by atoms with Gasteiger partial charge in [-0.05, 0) is 32.0 Å². The van der Waals surface area contributed by atoms with Crippen LogP contribution in [0.4, 0.5) is 5.82 Å². The van der Waals surface area contributed by atoms with Crippen LogP contribution < -0.4 is 19.9 Å². The van der Waals surface area contributed by atoms with E-state index in [4.69, 9.17) is 19.9 Å². The van der Waals surface area contributed by atoms with Crippen molar-refractivity contribution in [3.63, 3.8) is 0 Å². The number of aromatic nitrogens is 3. The van der Waals surface area contributed by atoms with E-state index in [9.17, 15) is 5.26 Å². The molecule has 2 aromatic heterocycles. The minimum Gasteiger partial charge on any atom is -0.493 e. The summed E-state index contributed by atoms with van der Waals surface area (Å²) >= 11 is 0. The van der Waals surface area contributed by atoms with E-state index in [0.717, 1.165) is 17.8 Å². The maximum atomic E-state index is 9.67. The molecule has 0 aliphatic carbocycles. The summed E-state index contributed by atoms with van der Waals surface area (Å²) in [6.07, 6.45) is 1.74. The maximum absolute atomic E-state index is 9.67. The molecule has 0 atom stereocenters. The predicted molar refractivity (Wildman–Crippen MR) is 110 cm³/mol. The topological polar surface area (TPSA) is 108 Å².